The Bertz CT molecular complexity index is 699. The van der Waals surface area contributed by atoms with Gasteiger partial charge in [-0.2, -0.15) is 0 Å². The maximum atomic E-state index is 12.2. The molecule has 0 fully saturated rings. The fourth-order valence-corrected chi connectivity index (χ4v) is 2.34. The van der Waals surface area contributed by atoms with Gasteiger partial charge in [-0.25, -0.2) is 0 Å². The summed E-state index contributed by atoms with van der Waals surface area (Å²) in [5.74, 6) is 1.25. The third-order valence-electron chi connectivity index (χ3n) is 3.46. The molecule has 2 aromatic carbocycles. The average molecular weight is 328 g/mol. The third kappa shape index (κ3) is 4.91. The monoisotopic (exact) mass is 328 g/mol. The second-order valence-electron chi connectivity index (χ2n) is 5.79. The molecule has 0 aliphatic rings. The molecular formula is C19H24N2O3. The fraction of sp³-hybridized carbons (Fsp3) is 0.316. The van der Waals surface area contributed by atoms with E-state index in [0.29, 0.717) is 35.7 Å². The van der Waals surface area contributed by atoms with E-state index in [-0.39, 0.29) is 12.0 Å². The van der Waals surface area contributed by atoms with Gasteiger partial charge < -0.3 is 20.5 Å². The maximum Gasteiger partial charge on any atom is 0.224 e. The first-order valence-electron chi connectivity index (χ1n) is 7.97. The third-order valence-corrected chi connectivity index (χ3v) is 3.46. The number of para-hydroxylation sites is 2. The van der Waals surface area contributed by atoms with Crippen molar-refractivity contribution in [3.05, 3.63) is 48.0 Å². The minimum Gasteiger partial charge on any atom is -0.495 e. The summed E-state index contributed by atoms with van der Waals surface area (Å²) in [5, 5.41) is 2.90. The smallest absolute Gasteiger partial charge is 0.224 e. The molecule has 1 amide bonds. The number of nitrogen functional groups attached to an aromatic ring is 1. The van der Waals surface area contributed by atoms with Crippen LogP contribution in [0.2, 0.25) is 0 Å². The van der Waals surface area contributed by atoms with E-state index < -0.39 is 0 Å². The van der Waals surface area contributed by atoms with Crippen LogP contribution < -0.4 is 20.5 Å². The van der Waals surface area contributed by atoms with Crippen LogP contribution in [0.25, 0.3) is 0 Å². The highest BCUT2D eigenvalue weighted by molar-refractivity contribution is 5.92. The molecule has 0 saturated heterocycles. The number of hydrogen-bond acceptors (Lipinski definition) is 4. The summed E-state index contributed by atoms with van der Waals surface area (Å²) in [4.78, 5) is 12.2. The van der Waals surface area contributed by atoms with E-state index in [1.54, 1.807) is 7.11 Å². The first-order valence-corrected chi connectivity index (χ1v) is 7.97. The summed E-state index contributed by atoms with van der Waals surface area (Å²) < 4.78 is 10.8. The van der Waals surface area contributed by atoms with E-state index in [0.717, 1.165) is 5.56 Å². The van der Waals surface area contributed by atoms with Gasteiger partial charge >= 0.3 is 0 Å². The van der Waals surface area contributed by atoms with E-state index in [9.17, 15) is 4.79 Å². The number of nitrogens with two attached hydrogens (primary N) is 1. The Morgan fingerprint density at radius 3 is 2.58 bits per heavy atom. The molecule has 128 valence electrons. The van der Waals surface area contributed by atoms with Crippen LogP contribution in [0.5, 0.6) is 11.5 Å². The fourth-order valence-electron chi connectivity index (χ4n) is 2.34. The first-order chi connectivity index (χ1) is 11.5. The highest BCUT2D eigenvalue weighted by Crippen LogP contribution is 2.25. The highest BCUT2D eigenvalue weighted by atomic mass is 16.5. The normalized spacial score (nSPS) is 10.5. The number of amides is 1. The largest absolute Gasteiger partial charge is 0.495 e. The molecule has 0 aliphatic carbocycles. The van der Waals surface area contributed by atoms with Gasteiger partial charge in [0.15, 0.2) is 0 Å². The van der Waals surface area contributed by atoms with E-state index in [1.165, 1.54) is 0 Å². The number of nitrogens with one attached hydrogen (secondary N) is 1. The Hall–Kier alpha value is -2.69. The SMILES string of the molecule is COc1ccc(CCC(=O)Nc2ccccc2OC(C)C)cc1N. The molecule has 3 N–H and O–H groups in total. The number of hydrogen-bond donors (Lipinski definition) is 2. The standard InChI is InChI=1S/C19H24N2O3/c1-13(2)24-18-7-5-4-6-16(18)21-19(22)11-9-14-8-10-17(23-3)15(20)12-14/h4-8,10,12-13H,9,11,20H2,1-3H3,(H,21,22). The van der Waals surface area contributed by atoms with Crippen molar-refractivity contribution in [2.24, 2.45) is 0 Å². The number of methoxy groups -OCH3 is 1. The Morgan fingerprint density at radius 2 is 1.92 bits per heavy atom. The van der Waals surface area contributed by atoms with Gasteiger partial charge in [0.1, 0.15) is 11.5 Å². The molecular weight excluding hydrogens is 304 g/mol. The summed E-state index contributed by atoms with van der Waals surface area (Å²) in [6.45, 7) is 3.90. The second-order valence-corrected chi connectivity index (χ2v) is 5.79. The molecule has 0 atom stereocenters. The van der Waals surface area contributed by atoms with Gasteiger partial charge in [0.2, 0.25) is 5.91 Å². The molecule has 0 bridgehead atoms. The van der Waals surface area contributed by atoms with Gasteiger partial charge in [0.05, 0.1) is 24.6 Å². The zero-order valence-corrected chi connectivity index (χ0v) is 14.3. The summed E-state index contributed by atoms with van der Waals surface area (Å²) in [6.07, 6.45) is 1.01. The molecule has 0 heterocycles. The molecule has 0 aromatic heterocycles. The Balaban J connectivity index is 1.95. The summed E-state index contributed by atoms with van der Waals surface area (Å²) in [7, 11) is 1.58. The zero-order valence-electron chi connectivity index (χ0n) is 14.3. The molecule has 24 heavy (non-hydrogen) atoms. The molecule has 2 rings (SSSR count). The number of carbonyl (C=O) groups excluding carboxylic acids is 1. The van der Waals surface area contributed by atoms with Crippen molar-refractivity contribution in [1.29, 1.82) is 0 Å². The van der Waals surface area contributed by atoms with Crippen molar-refractivity contribution in [3.8, 4) is 11.5 Å². The average Bonchev–Trinajstić information content (AvgIpc) is 2.54. The van der Waals surface area contributed by atoms with Crippen LogP contribution in [0.4, 0.5) is 11.4 Å². The molecule has 0 radical (unpaired) electrons. The number of ether oxygens (including phenoxy) is 2. The molecule has 0 saturated carbocycles. The van der Waals surface area contributed by atoms with Crippen LogP contribution in [0.15, 0.2) is 42.5 Å². The summed E-state index contributed by atoms with van der Waals surface area (Å²) in [5.41, 5.74) is 8.14. The van der Waals surface area contributed by atoms with Crippen LogP contribution in [0.3, 0.4) is 0 Å². The molecule has 0 unspecified atom stereocenters. The van der Waals surface area contributed by atoms with Crippen LogP contribution in [0, 0.1) is 0 Å². The van der Waals surface area contributed by atoms with Gasteiger partial charge in [0.25, 0.3) is 0 Å². The lowest BCUT2D eigenvalue weighted by molar-refractivity contribution is -0.116. The van der Waals surface area contributed by atoms with Crippen molar-refractivity contribution >= 4 is 17.3 Å². The van der Waals surface area contributed by atoms with E-state index in [2.05, 4.69) is 5.32 Å². The van der Waals surface area contributed by atoms with Crippen molar-refractivity contribution in [1.82, 2.24) is 0 Å². The van der Waals surface area contributed by atoms with Gasteiger partial charge in [-0.1, -0.05) is 18.2 Å². The van der Waals surface area contributed by atoms with E-state index in [4.69, 9.17) is 15.2 Å². The Morgan fingerprint density at radius 1 is 1.17 bits per heavy atom. The predicted molar refractivity (Wildman–Crippen MR) is 96.6 cm³/mol. The number of carbonyl (C=O) groups is 1. The first kappa shape index (κ1) is 17.7. The quantitative estimate of drug-likeness (QED) is 0.761. The van der Waals surface area contributed by atoms with Crippen LogP contribution in [-0.2, 0) is 11.2 Å². The molecule has 5 nitrogen and oxygen atoms in total. The topological polar surface area (TPSA) is 73.6 Å². The minimum atomic E-state index is -0.0656. The van der Waals surface area contributed by atoms with Gasteiger partial charge in [0, 0.05) is 6.42 Å². The van der Waals surface area contributed by atoms with Crippen molar-refractivity contribution in [2.45, 2.75) is 32.8 Å². The lowest BCUT2D eigenvalue weighted by Crippen LogP contribution is -2.14. The van der Waals surface area contributed by atoms with E-state index >= 15 is 0 Å². The van der Waals surface area contributed by atoms with Crippen LogP contribution in [-0.4, -0.2) is 19.1 Å². The summed E-state index contributed by atoms with van der Waals surface area (Å²) in [6, 6.07) is 13.0. The lowest BCUT2D eigenvalue weighted by atomic mass is 10.1. The number of aryl methyl sites for hydroxylation is 1. The maximum absolute atomic E-state index is 12.2. The van der Waals surface area contributed by atoms with Crippen molar-refractivity contribution in [3.63, 3.8) is 0 Å². The van der Waals surface area contributed by atoms with Gasteiger partial charge in [-0.3, -0.25) is 4.79 Å². The highest BCUT2D eigenvalue weighted by Gasteiger charge is 2.09. The number of anilines is 2. The lowest BCUT2D eigenvalue weighted by Gasteiger charge is -2.14. The van der Waals surface area contributed by atoms with Crippen molar-refractivity contribution in [2.75, 3.05) is 18.2 Å². The Kier molecular flexibility index (Phi) is 6.07. The van der Waals surface area contributed by atoms with Crippen LogP contribution >= 0.6 is 0 Å². The van der Waals surface area contributed by atoms with Gasteiger partial charge in [-0.15, -0.1) is 0 Å². The number of benzene rings is 2. The molecule has 5 heteroatoms. The predicted octanol–water partition coefficient (Wildman–Crippen LogP) is 3.64. The van der Waals surface area contributed by atoms with Crippen LogP contribution in [0.1, 0.15) is 25.8 Å². The number of rotatable bonds is 7. The Labute approximate surface area is 142 Å². The molecule has 0 spiro atoms. The zero-order chi connectivity index (χ0) is 17.5. The second kappa shape index (κ2) is 8.24. The van der Waals surface area contributed by atoms with E-state index in [1.807, 2.05) is 56.3 Å². The molecule has 2 aromatic rings. The minimum absolute atomic E-state index is 0.0466. The summed E-state index contributed by atoms with van der Waals surface area (Å²) >= 11 is 0. The molecule has 0 aliphatic heterocycles. The van der Waals surface area contributed by atoms with Crippen molar-refractivity contribution < 1.29 is 14.3 Å². The van der Waals surface area contributed by atoms with Gasteiger partial charge in [-0.05, 0) is 50.1 Å².